The van der Waals surface area contributed by atoms with Crippen molar-refractivity contribution in [2.75, 3.05) is 5.32 Å². The summed E-state index contributed by atoms with van der Waals surface area (Å²) in [6, 6.07) is 11.9. The molecule has 1 aliphatic heterocycles. The van der Waals surface area contributed by atoms with Gasteiger partial charge in [0, 0.05) is 23.6 Å². The molecule has 5 rings (SSSR count). The highest BCUT2D eigenvalue weighted by Crippen LogP contribution is 2.49. The number of nitrogens with zero attached hydrogens (tertiary/aromatic N) is 1. The number of rotatable bonds is 2. The number of phenols is 1. The van der Waals surface area contributed by atoms with E-state index in [0.717, 1.165) is 16.8 Å². The predicted octanol–water partition coefficient (Wildman–Crippen LogP) is 5.55. The molecule has 2 N–H and O–H groups in total. The Morgan fingerprint density at radius 2 is 1.90 bits per heavy atom. The third-order valence-electron chi connectivity index (χ3n) is 5.90. The van der Waals surface area contributed by atoms with Gasteiger partial charge in [0.1, 0.15) is 11.6 Å². The van der Waals surface area contributed by atoms with E-state index >= 15 is 0 Å². The molecule has 0 saturated heterocycles. The van der Waals surface area contributed by atoms with Gasteiger partial charge in [-0.2, -0.15) is 0 Å². The lowest BCUT2D eigenvalue weighted by molar-refractivity contribution is -0.116. The molecule has 0 saturated carbocycles. The van der Waals surface area contributed by atoms with Gasteiger partial charge in [0.15, 0.2) is 5.78 Å². The first-order valence-electron chi connectivity index (χ1n) is 9.65. The maximum Gasteiger partial charge on any atom is 0.233 e. The van der Waals surface area contributed by atoms with E-state index in [2.05, 4.69) is 26.4 Å². The Bertz CT molecular complexity index is 1200. The van der Waals surface area contributed by atoms with E-state index in [0.29, 0.717) is 40.0 Å². The number of fused-ring (bicyclic) bond motifs is 1. The number of nitrogens with one attached hydrogen (secondary N) is 1. The van der Waals surface area contributed by atoms with E-state index in [1.54, 1.807) is 18.2 Å². The van der Waals surface area contributed by atoms with Crippen molar-refractivity contribution in [3.63, 3.8) is 0 Å². The number of halogens is 2. The van der Waals surface area contributed by atoms with Crippen LogP contribution in [0.1, 0.15) is 47.1 Å². The lowest BCUT2D eigenvalue weighted by atomic mass is 9.72. The van der Waals surface area contributed by atoms with Gasteiger partial charge in [-0.25, -0.2) is 4.39 Å². The number of ketones is 1. The summed E-state index contributed by atoms with van der Waals surface area (Å²) in [7, 11) is 0. The molecule has 1 aliphatic carbocycles. The minimum atomic E-state index is -0.432. The number of carbonyl (C=O) groups is 1. The average molecular weight is 469 g/mol. The molecule has 0 fully saturated rings. The Morgan fingerprint density at radius 1 is 1.17 bits per heavy atom. The molecular weight excluding hydrogens is 451 g/mol. The highest BCUT2D eigenvalue weighted by atomic mass is 79.9. The number of allylic oxidation sites excluding steroid dienone is 2. The molecule has 7 heteroatoms. The zero-order chi connectivity index (χ0) is 21.0. The number of aromatic hydroxyl groups is 1. The van der Waals surface area contributed by atoms with Crippen LogP contribution in [0.25, 0.3) is 0 Å². The van der Waals surface area contributed by atoms with Crippen molar-refractivity contribution in [2.45, 2.75) is 31.6 Å². The summed E-state index contributed by atoms with van der Waals surface area (Å²) >= 11 is 3.20. The molecule has 2 heterocycles. The summed E-state index contributed by atoms with van der Waals surface area (Å²) < 4.78 is 20.2. The minimum Gasteiger partial charge on any atom is -0.508 e. The molecule has 152 valence electrons. The van der Waals surface area contributed by atoms with Crippen LogP contribution in [0.15, 0.2) is 62.7 Å². The maximum atomic E-state index is 14.4. The number of aryl methyl sites for hydroxylation is 1. The average Bonchev–Trinajstić information content (AvgIpc) is 3.09. The number of carbonyl (C=O) groups excluding carboxylic acids is 1. The largest absolute Gasteiger partial charge is 0.508 e. The minimum absolute atomic E-state index is 0.0152. The van der Waals surface area contributed by atoms with Crippen LogP contribution in [-0.4, -0.2) is 16.0 Å². The van der Waals surface area contributed by atoms with Crippen LogP contribution in [0.5, 0.6) is 5.75 Å². The van der Waals surface area contributed by atoms with Crippen LogP contribution in [0.2, 0.25) is 0 Å². The molecule has 5 nitrogen and oxygen atoms in total. The van der Waals surface area contributed by atoms with Crippen LogP contribution < -0.4 is 5.32 Å². The van der Waals surface area contributed by atoms with Crippen molar-refractivity contribution >= 4 is 27.6 Å². The summed E-state index contributed by atoms with van der Waals surface area (Å²) in [5.41, 5.74) is 4.54. The second-order valence-electron chi connectivity index (χ2n) is 7.75. The molecule has 1 aromatic heterocycles. The van der Waals surface area contributed by atoms with Gasteiger partial charge < -0.3 is 14.9 Å². The second-order valence-corrected chi connectivity index (χ2v) is 8.61. The predicted molar refractivity (Wildman–Crippen MR) is 113 cm³/mol. The number of anilines is 1. The Morgan fingerprint density at radius 3 is 2.63 bits per heavy atom. The number of phenolic OH excluding ortho intramolecular Hbond substituents is 1. The Hall–Kier alpha value is -2.93. The second kappa shape index (κ2) is 7.09. The van der Waals surface area contributed by atoms with Gasteiger partial charge in [0.05, 0.1) is 15.7 Å². The number of hydrogen-bond acceptors (Lipinski definition) is 5. The quantitative estimate of drug-likeness (QED) is 0.515. The molecule has 2 atom stereocenters. The van der Waals surface area contributed by atoms with Crippen molar-refractivity contribution < 1.29 is 18.8 Å². The van der Waals surface area contributed by atoms with E-state index in [4.69, 9.17) is 4.52 Å². The van der Waals surface area contributed by atoms with Crippen LogP contribution in [-0.2, 0) is 4.79 Å². The van der Waals surface area contributed by atoms with Gasteiger partial charge >= 0.3 is 0 Å². The standard InChI is InChI=1S/C23H18BrFN2O3/c1-11-20-21(13-4-7-16(24)17(25)8-13)22-18(26-23(20)30-27-11)9-14(10-19(22)29)12-2-5-15(28)6-3-12/h2-8,14,21,26,28H,9-10H2,1H3/t14-,21-/m1/s1. The first-order chi connectivity index (χ1) is 14.4. The molecule has 3 aromatic rings. The fourth-order valence-corrected chi connectivity index (χ4v) is 4.73. The Kier molecular flexibility index (Phi) is 4.50. The summed E-state index contributed by atoms with van der Waals surface area (Å²) in [4.78, 5) is 13.4. The molecule has 0 spiro atoms. The molecule has 0 radical (unpaired) electrons. The van der Waals surface area contributed by atoms with Crippen LogP contribution in [0, 0.1) is 12.7 Å². The molecule has 2 aliphatic rings. The monoisotopic (exact) mass is 468 g/mol. The van der Waals surface area contributed by atoms with Crippen LogP contribution in [0.4, 0.5) is 10.3 Å². The summed E-state index contributed by atoms with van der Waals surface area (Å²) in [5.74, 6) is -0.125. The smallest absolute Gasteiger partial charge is 0.233 e. The molecule has 30 heavy (non-hydrogen) atoms. The van der Waals surface area contributed by atoms with E-state index < -0.39 is 5.92 Å². The van der Waals surface area contributed by atoms with Gasteiger partial charge in [-0.05, 0) is 70.6 Å². The van der Waals surface area contributed by atoms with E-state index in [1.165, 1.54) is 6.07 Å². The fourth-order valence-electron chi connectivity index (χ4n) is 4.48. The molecule has 0 amide bonds. The highest BCUT2D eigenvalue weighted by molar-refractivity contribution is 9.10. The van der Waals surface area contributed by atoms with E-state index in [9.17, 15) is 14.3 Å². The van der Waals surface area contributed by atoms with Gasteiger partial charge in [-0.3, -0.25) is 4.79 Å². The number of hydrogen-bond donors (Lipinski definition) is 2. The number of benzene rings is 2. The number of aromatic nitrogens is 1. The van der Waals surface area contributed by atoms with Gasteiger partial charge in [0.25, 0.3) is 0 Å². The summed E-state index contributed by atoms with van der Waals surface area (Å²) in [6.07, 6.45) is 0.959. The molecular formula is C23H18BrFN2O3. The third kappa shape index (κ3) is 3.04. The maximum absolute atomic E-state index is 14.4. The van der Waals surface area contributed by atoms with Crippen LogP contribution in [0.3, 0.4) is 0 Å². The molecule has 0 bridgehead atoms. The SMILES string of the molecule is Cc1noc2c1[C@@H](c1ccc(Br)c(F)c1)C1=C(C[C@@H](c3ccc(O)cc3)CC1=O)N2. The highest BCUT2D eigenvalue weighted by Gasteiger charge is 2.41. The van der Waals surface area contributed by atoms with Gasteiger partial charge in [-0.15, -0.1) is 0 Å². The first-order valence-corrected chi connectivity index (χ1v) is 10.4. The Balaban J connectivity index is 1.62. The topological polar surface area (TPSA) is 75.4 Å². The molecule has 2 aromatic carbocycles. The third-order valence-corrected chi connectivity index (χ3v) is 6.54. The van der Waals surface area contributed by atoms with Crippen LogP contribution >= 0.6 is 15.9 Å². The summed E-state index contributed by atoms with van der Waals surface area (Å²) in [6.45, 7) is 1.82. The van der Waals surface area contributed by atoms with Gasteiger partial charge in [-0.1, -0.05) is 23.4 Å². The van der Waals surface area contributed by atoms with E-state index in [-0.39, 0.29) is 23.3 Å². The Labute approximate surface area is 180 Å². The normalized spacial score (nSPS) is 20.6. The van der Waals surface area contributed by atoms with Gasteiger partial charge in [0.2, 0.25) is 5.88 Å². The zero-order valence-corrected chi connectivity index (χ0v) is 17.7. The zero-order valence-electron chi connectivity index (χ0n) is 16.1. The molecule has 0 unspecified atom stereocenters. The lowest BCUT2D eigenvalue weighted by Crippen LogP contribution is -2.29. The van der Waals surface area contributed by atoms with Crippen molar-refractivity contribution in [1.82, 2.24) is 5.16 Å². The van der Waals surface area contributed by atoms with Crippen molar-refractivity contribution in [3.05, 3.63) is 86.4 Å². The number of Topliss-reactive ketones (excluding diaryl/α,β-unsaturated/α-hetero) is 1. The van der Waals surface area contributed by atoms with Crippen molar-refractivity contribution in [3.8, 4) is 5.75 Å². The van der Waals surface area contributed by atoms with E-state index in [1.807, 2.05) is 25.1 Å². The van der Waals surface area contributed by atoms with Crippen molar-refractivity contribution in [2.24, 2.45) is 0 Å². The summed E-state index contributed by atoms with van der Waals surface area (Å²) in [5, 5.41) is 16.9. The lowest BCUT2D eigenvalue weighted by Gasteiger charge is -2.34. The fraction of sp³-hybridized carbons (Fsp3) is 0.217. The van der Waals surface area contributed by atoms with Crippen molar-refractivity contribution in [1.29, 1.82) is 0 Å². The first kappa shape index (κ1) is 19.1.